The average Bonchev–Trinajstić information content (AvgIpc) is 2.88. The van der Waals surface area contributed by atoms with Crippen LogP contribution in [0.25, 0.3) is 10.8 Å². The number of fused-ring (bicyclic) bond motifs is 1. The van der Waals surface area contributed by atoms with E-state index in [9.17, 15) is 14.4 Å². The molecule has 7 heteroatoms. The SMILES string of the molecule is CN(C)C(=O)[C@@H](Cc1ccccc1)N(C)C(=O)[C@@H](Cc1ccc2ccccc2c1)N(C)C(=O)OC(C)(C)C. The van der Waals surface area contributed by atoms with Gasteiger partial charge >= 0.3 is 6.09 Å². The van der Waals surface area contributed by atoms with Crippen LogP contribution in [0, 0.1) is 0 Å². The van der Waals surface area contributed by atoms with Gasteiger partial charge in [-0.2, -0.15) is 0 Å². The van der Waals surface area contributed by atoms with E-state index in [0.717, 1.165) is 21.9 Å². The summed E-state index contributed by atoms with van der Waals surface area (Å²) in [6, 6.07) is 22.0. The number of benzene rings is 3. The van der Waals surface area contributed by atoms with E-state index >= 15 is 0 Å². The van der Waals surface area contributed by atoms with Gasteiger partial charge in [0.05, 0.1) is 0 Å². The fourth-order valence-corrected chi connectivity index (χ4v) is 4.35. The molecule has 38 heavy (non-hydrogen) atoms. The molecular formula is C31H39N3O4. The lowest BCUT2D eigenvalue weighted by atomic mass is 9.98. The van der Waals surface area contributed by atoms with Gasteiger partial charge in [0.15, 0.2) is 0 Å². The van der Waals surface area contributed by atoms with Crippen molar-refractivity contribution >= 4 is 28.7 Å². The van der Waals surface area contributed by atoms with Crippen molar-refractivity contribution in [3.8, 4) is 0 Å². The molecule has 3 amide bonds. The summed E-state index contributed by atoms with van der Waals surface area (Å²) in [5.74, 6) is -0.517. The Kier molecular flexibility index (Phi) is 9.15. The molecule has 3 aromatic rings. The van der Waals surface area contributed by atoms with Crippen molar-refractivity contribution in [2.45, 2.75) is 51.3 Å². The molecule has 0 bridgehead atoms. The van der Waals surface area contributed by atoms with Crippen molar-refractivity contribution in [3.63, 3.8) is 0 Å². The Morgan fingerprint density at radius 3 is 1.84 bits per heavy atom. The normalized spacial score (nSPS) is 12.9. The number of carbonyl (C=O) groups excluding carboxylic acids is 3. The summed E-state index contributed by atoms with van der Waals surface area (Å²) >= 11 is 0. The van der Waals surface area contributed by atoms with Crippen LogP contribution in [0.2, 0.25) is 0 Å². The quantitative estimate of drug-likeness (QED) is 0.431. The Morgan fingerprint density at radius 1 is 0.684 bits per heavy atom. The summed E-state index contributed by atoms with van der Waals surface area (Å²) in [7, 11) is 6.56. The minimum atomic E-state index is -0.871. The van der Waals surface area contributed by atoms with Gasteiger partial charge in [-0.25, -0.2) is 4.79 Å². The van der Waals surface area contributed by atoms with Crippen molar-refractivity contribution in [1.29, 1.82) is 0 Å². The molecule has 7 nitrogen and oxygen atoms in total. The van der Waals surface area contributed by atoms with Crippen LogP contribution in [0.3, 0.4) is 0 Å². The number of amides is 3. The maximum Gasteiger partial charge on any atom is 0.410 e. The summed E-state index contributed by atoms with van der Waals surface area (Å²) in [5, 5.41) is 2.14. The molecule has 202 valence electrons. The Morgan fingerprint density at radius 2 is 1.24 bits per heavy atom. The molecule has 3 rings (SSSR count). The molecule has 0 unspecified atom stereocenters. The lowest BCUT2D eigenvalue weighted by Crippen LogP contribution is -2.56. The van der Waals surface area contributed by atoms with Crippen LogP contribution in [0.5, 0.6) is 0 Å². The number of nitrogens with zero attached hydrogens (tertiary/aromatic N) is 3. The first-order valence-electron chi connectivity index (χ1n) is 12.8. The van der Waals surface area contributed by atoms with Gasteiger partial charge in [0.1, 0.15) is 17.7 Å². The Hall–Kier alpha value is -3.87. The third kappa shape index (κ3) is 7.34. The Labute approximate surface area is 226 Å². The van der Waals surface area contributed by atoms with E-state index in [1.807, 2.05) is 72.8 Å². The topological polar surface area (TPSA) is 70.2 Å². The van der Waals surface area contributed by atoms with Gasteiger partial charge in [-0.1, -0.05) is 72.8 Å². The van der Waals surface area contributed by atoms with E-state index in [0.29, 0.717) is 6.42 Å². The minimum absolute atomic E-state index is 0.186. The lowest BCUT2D eigenvalue weighted by molar-refractivity contribution is -0.145. The van der Waals surface area contributed by atoms with E-state index in [4.69, 9.17) is 4.74 Å². The van der Waals surface area contributed by atoms with Crippen molar-refractivity contribution in [3.05, 3.63) is 83.9 Å². The minimum Gasteiger partial charge on any atom is -0.444 e. The van der Waals surface area contributed by atoms with E-state index < -0.39 is 23.8 Å². The fraction of sp³-hybridized carbons (Fsp3) is 0.387. The van der Waals surface area contributed by atoms with E-state index in [1.54, 1.807) is 49.0 Å². The van der Waals surface area contributed by atoms with Crippen molar-refractivity contribution in [2.24, 2.45) is 0 Å². The monoisotopic (exact) mass is 517 g/mol. The predicted molar refractivity (Wildman–Crippen MR) is 151 cm³/mol. The molecular weight excluding hydrogens is 478 g/mol. The van der Waals surface area contributed by atoms with Crippen LogP contribution in [-0.2, 0) is 27.2 Å². The fourth-order valence-electron chi connectivity index (χ4n) is 4.35. The second kappa shape index (κ2) is 12.1. The first-order valence-corrected chi connectivity index (χ1v) is 12.8. The number of rotatable bonds is 8. The zero-order valence-corrected chi connectivity index (χ0v) is 23.5. The molecule has 0 N–H and O–H groups in total. The van der Waals surface area contributed by atoms with E-state index in [-0.39, 0.29) is 18.2 Å². The summed E-state index contributed by atoms with van der Waals surface area (Å²) in [6.45, 7) is 5.37. The summed E-state index contributed by atoms with van der Waals surface area (Å²) in [5.41, 5.74) is 1.13. The number of likely N-dealkylation sites (N-methyl/N-ethyl adjacent to an activating group) is 3. The summed E-state index contributed by atoms with van der Waals surface area (Å²) < 4.78 is 5.60. The molecule has 0 saturated heterocycles. The average molecular weight is 518 g/mol. The van der Waals surface area contributed by atoms with Gasteiger partial charge in [-0.3, -0.25) is 14.5 Å². The molecule has 0 aliphatic rings. The number of hydrogen-bond donors (Lipinski definition) is 0. The molecule has 0 radical (unpaired) electrons. The van der Waals surface area contributed by atoms with Crippen LogP contribution < -0.4 is 0 Å². The highest BCUT2D eigenvalue weighted by molar-refractivity contribution is 5.91. The summed E-state index contributed by atoms with van der Waals surface area (Å²) in [4.78, 5) is 44.7. The van der Waals surface area contributed by atoms with Crippen molar-refractivity contribution in [1.82, 2.24) is 14.7 Å². The number of hydrogen-bond acceptors (Lipinski definition) is 4. The Balaban J connectivity index is 1.97. The van der Waals surface area contributed by atoms with Gasteiger partial charge in [-0.15, -0.1) is 0 Å². The smallest absolute Gasteiger partial charge is 0.410 e. The van der Waals surface area contributed by atoms with Crippen LogP contribution in [-0.4, -0.2) is 78.5 Å². The van der Waals surface area contributed by atoms with E-state index in [2.05, 4.69) is 0 Å². The standard InChI is InChI=1S/C31H39N3O4/c1-31(2,3)38-30(37)34(7)27(21-23-17-18-24-15-11-12-16-25(24)19-23)29(36)33(6)26(28(35)32(4)5)20-22-13-9-8-10-14-22/h8-19,26-27H,20-21H2,1-7H3/t26-,27-/m1/s1. The molecule has 0 aliphatic carbocycles. The maximum absolute atomic E-state index is 14.1. The lowest BCUT2D eigenvalue weighted by Gasteiger charge is -2.36. The molecule has 0 heterocycles. The van der Waals surface area contributed by atoms with Crippen molar-refractivity contribution in [2.75, 3.05) is 28.2 Å². The van der Waals surface area contributed by atoms with Gasteiger partial charge in [-0.05, 0) is 42.7 Å². The molecule has 3 aromatic carbocycles. The maximum atomic E-state index is 14.1. The predicted octanol–water partition coefficient (Wildman–Crippen LogP) is 4.78. The van der Waals surface area contributed by atoms with Gasteiger partial charge in [0.2, 0.25) is 11.8 Å². The first-order chi connectivity index (χ1) is 17.9. The highest BCUT2D eigenvalue weighted by Gasteiger charge is 2.37. The highest BCUT2D eigenvalue weighted by atomic mass is 16.6. The molecule has 0 aromatic heterocycles. The zero-order valence-electron chi connectivity index (χ0n) is 23.5. The Bertz CT molecular complexity index is 1270. The van der Waals surface area contributed by atoms with Gasteiger partial charge in [0, 0.05) is 41.0 Å². The molecule has 0 aliphatic heterocycles. The highest BCUT2D eigenvalue weighted by Crippen LogP contribution is 2.21. The third-order valence-corrected chi connectivity index (χ3v) is 6.49. The second-order valence-corrected chi connectivity index (χ2v) is 10.9. The zero-order chi connectivity index (χ0) is 28.0. The van der Waals surface area contributed by atoms with Crippen LogP contribution in [0.1, 0.15) is 31.9 Å². The summed E-state index contributed by atoms with van der Waals surface area (Å²) in [6.07, 6.45) is 0.0419. The van der Waals surface area contributed by atoms with Crippen LogP contribution in [0.15, 0.2) is 72.8 Å². The number of ether oxygens (including phenoxy) is 1. The first kappa shape index (κ1) is 28.7. The third-order valence-electron chi connectivity index (χ3n) is 6.49. The largest absolute Gasteiger partial charge is 0.444 e. The molecule has 2 atom stereocenters. The van der Waals surface area contributed by atoms with Gasteiger partial charge < -0.3 is 14.5 Å². The molecule has 0 spiro atoms. The van der Waals surface area contributed by atoms with Crippen LogP contribution >= 0.6 is 0 Å². The van der Waals surface area contributed by atoms with Gasteiger partial charge in [0.25, 0.3) is 0 Å². The number of carbonyl (C=O) groups is 3. The van der Waals surface area contributed by atoms with E-state index in [1.165, 1.54) is 14.7 Å². The second-order valence-electron chi connectivity index (χ2n) is 10.9. The molecule has 0 saturated carbocycles. The van der Waals surface area contributed by atoms with Crippen LogP contribution in [0.4, 0.5) is 4.79 Å². The molecule has 0 fully saturated rings. The van der Waals surface area contributed by atoms with Crippen molar-refractivity contribution < 1.29 is 19.1 Å².